The fraction of sp³-hybridized carbons (Fsp3) is 1.00. The Kier molecular flexibility index (Phi) is 12.9. The van der Waals surface area contributed by atoms with Crippen LogP contribution in [0, 0.1) is 5.92 Å². The van der Waals surface area contributed by atoms with E-state index in [0.717, 1.165) is 6.61 Å². The highest BCUT2D eigenvalue weighted by atomic mass is 16.5. The molecule has 1 unspecified atom stereocenters. The van der Waals surface area contributed by atoms with Crippen molar-refractivity contribution in [2.75, 3.05) is 13.7 Å². The first-order valence-corrected chi connectivity index (χ1v) is 8.40. The Bertz CT molecular complexity index is 172. The van der Waals surface area contributed by atoms with Crippen LogP contribution in [-0.2, 0) is 4.74 Å². The number of methoxy groups -OCH3 is 1. The Morgan fingerprint density at radius 1 is 0.895 bits per heavy atom. The highest BCUT2D eigenvalue weighted by molar-refractivity contribution is 4.77. The molecule has 0 saturated heterocycles. The van der Waals surface area contributed by atoms with Gasteiger partial charge >= 0.3 is 0 Å². The van der Waals surface area contributed by atoms with Gasteiger partial charge in [0.2, 0.25) is 0 Å². The molecule has 0 aliphatic heterocycles. The zero-order valence-electron chi connectivity index (χ0n) is 14.0. The van der Waals surface area contributed by atoms with Gasteiger partial charge in [-0.25, -0.2) is 0 Å². The monoisotopic (exact) mass is 271 g/mol. The Morgan fingerprint density at radius 3 is 1.79 bits per heavy atom. The average molecular weight is 271 g/mol. The standard InChI is InChI=1S/C17H37NO/c1-6-8-10-12-16(13-11-9-7-2)18-17(14-19-5)15(3)4/h15-18H,6-14H2,1-5H3. The van der Waals surface area contributed by atoms with Gasteiger partial charge in [-0.15, -0.1) is 0 Å². The van der Waals surface area contributed by atoms with Crippen molar-refractivity contribution in [3.8, 4) is 0 Å². The average Bonchev–Trinajstić information content (AvgIpc) is 2.38. The van der Waals surface area contributed by atoms with Crippen molar-refractivity contribution in [1.29, 1.82) is 0 Å². The Labute approximate surface area is 121 Å². The van der Waals surface area contributed by atoms with E-state index in [0.29, 0.717) is 18.0 Å². The molecule has 0 aromatic carbocycles. The summed E-state index contributed by atoms with van der Waals surface area (Å²) >= 11 is 0. The third-order valence-corrected chi connectivity index (χ3v) is 3.91. The minimum absolute atomic E-state index is 0.498. The van der Waals surface area contributed by atoms with Crippen LogP contribution in [0.3, 0.4) is 0 Å². The van der Waals surface area contributed by atoms with E-state index in [1.54, 1.807) is 7.11 Å². The maximum Gasteiger partial charge on any atom is 0.0618 e. The van der Waals surface area contributed by atoms with Crippen molar-refractivity contribution in [2.24, 2.45) is 5.92 Å². The smallest absolute Gasteiger partial charge is 0.0618 e. The Hall–Kier alpha value is -0.0800. The third-order valence-electron chi connectivity index (χ3n) is 3.91. The third kappa shape index (κ3) is 10.4. The van der Waals surface area contributed by atoms with Crippen LogP contribution in [0.4, 0.5) is 0 Å². The van der Waals surface area contributed by atoms with Crippen molar-refractivity contribution < 1.29 is 4.74 Å². The molecule has 2 heteroatoms. The topological polar surface area (TPSA) is 21.3 Å². The van der Waals surface area contributed by atoms with Crippen molar-refractivity contribution >= 4 is 0 Å². The van der Waals surface area contributed by atoms with Crippen LogP contribution in [0.2, 0.25) is 0 Å². The molecule has 116 valence electrons. The van der Waals surface area contributed by atoms with E-state index in [-0.39, 0.29) is 0 Å². The normalized spacial score (nSPS) is 13.4. The second kappa shape index (κ2) is 12.9. The molecule has 1 atom stereocenters. The van der Waals surface area contributed by atoms with Gasteiger partial charge in [0.05, 0.1) is 6.61 Å². The predicted molar refractivity (Wildman–Crippen MR) is 85.7 cm³/mol. The fourth-order valence-electron chi connectivity index (χ4n) is 2.51. The zero-order valence-corrected chi connectivity index (χ0v) is 14.0. The van der Waals surface area contributed by atoms with Gasteiger partial charge in [0.1, 0.15) is 0 Å². The number of hydrogen-bond acceptors (Lipinski definition) is 2. The van der Waals surface area contributed by atoms with Crippen molar-refractivity contribution in [2.45, 2.75) is 91.1 Å². The van der Waals surface area contributed by atoms with Gasteiger partial charge in [-0.05, 0) is 18.8 Å². The number of hydrogen-bond donors (Lipinski definition) is 1. The van der Waals surface area contributed by atoms with Gasteiger partial charge in [-0.1, -0.05) is 66.2 Å². The Morgan fingerprint density at radius 2 is 1.42 bits per heavy atom. The number of unbranched alkanes of at least 4 members (excludes halogenated alkanes) is 4. The molecule has 0 rings (SSSR count). The van der Waals surface area contributed by atoms with Gasteiger partial charge in [-0.2, -0.15) is 0 Å². The lowest BCUT2D eigenvalue weighted by molar-refractivity contribution is 0.137. The van der Waals surface area contributed by atoms with Crippen LogP contribution in [0.15, 0.2) is 0 Å². The second-order valence-electron chi connectivity index (χ2n) is 6.16. The lowest BCUT2D eigenvalue weighted by atomic mass is 9.98. The molecular formula is C17H37NO. The summed E-state index contributed by atoms with van der Waals surface area (Å²) in [5.41, 5.74) is 0. The summed E-state index contributed by atoms with van der Waals surface area (Å²) in [5.74, 6) is 0.639. The fourth-order valence-corrected chi connectivity index (χ4v) is 2.51. The van der Waals surface area contributed by atoms with Crippen molar-refractivity contribution in [3.63, 3.8) is 0 Å². The van der Waals surface area contributed by atoms with Crippen LogP contribution >= 0.6 is 0 Å². The van der Waals surface area contributed by atoms with Crippen LogP contribution in [0.25, 0.3) is 0 Å². The van der Waals surface area contributed by atoms with Crippen LogP contribution < -0.4 is 5.32 Å². The summed E-state index contributed by atoms with van der Waals surface area (Å²) < 4.78 is 5.35. The van der Waals surface area contributed by atoms with Gasteiger partial charge in [0.25, 0.3) is 0 Å². The molecule has 0 aliphatic rings. The lowest BCUT2D eigenvalue weighted by Crippen LogP contribution is -2.44. The molecule has 1 N–H and O–H groups in total. The van der Waals surface area contributed by atoms with Crippen LogP contribution in [-0.4, -0.2) is 25.8 Å². The van der Waals surface area contributed by atoms with Gasteiger partial charge in [0, 0.05) is 19.2 Å². The first kappa shape index (κ1) is 18.9. The molecule has 0 aromatic heterocycles. The zero-order chi connectivity index (χ0) is 14.5. The molecule has 0 aromatic rings. The first-order chi connectivity index (χ1) is 9.15. The van der Waals surface area contributed by atoms with Crippen LogP contribution in [0.5, 0.6) is 0 Å². The molecule has 0 spiro atoms. The van der Waals surface area contributed by atoms with Gasteiger partial charge < -0.3 is 10.1 Å². The summed E-state index contributed by atoms with van der Waals surface area (Å²) in [7, 11) is 1.81. The van der Waals surface area contributed by atoms with Crippen molar-refractivity contribution in [1.82, 2.24) is 5.32 Å². The number of nitrogens with one attached hydrogen (secondary N) is 1. The highest BCUT2D eigenvalue weighted by Gasteiger charge is 2.17. The summed E-state index contributed by atoms with van der Waals surface area (Å²) in [4.78, 5) is 0. The molecule has 0 amide bonds. The minimum atomic E-state index is 0.498. The predicted octanol–water partition coefficient (Wildman–Crippen LogP) is 4.78. The van der Waals surface area contributed by atoms with E-state index in [4.69, 9.17) is 4.74 Å². The molecule has 2 nitrogen and oxygen atoms in total. The van der Waals surface area contributed by atoms with E-state index >= 15 is 0 Å². The summed E-state index contributed by atoms with van der Waals surface area (Å²) in [6.45, 7) is 9.95. The van der Waals surface area contributed by atoms with E-state index in [1.807, 2.05) is 0 Å². The summed E-state index contributed by atoms with van der Waals surface area (Å²) in [6, 6.07) is 1.18. The number of rotatable bonds is 13. The molecule has 0 heterocycles. The largest absolute Gasteiger partial charge is 0.383 e. The lowest BCUT2D eigenvalue weighted by Gasteiger charge is -2.28. The van der Waals surface area contributed by atoms with Gasteiger partial charge in [-0.3, -0.25) is 0 Å². The molecule has 0 aliphatic carbocycles. The summed E-state index contributed by atoms with van der Waals surface area (Å²) in [5, 5.41) is 3.85. The molecule has 0 bridgehead atoms. The maximum absolute atomic E-state index is 5.35. The summed E-state index contributed by atoms with van der Waals surface area (Å²) in [6.07, 6.45) is 10.7. The van der Waals surface area contributed by atoms with E-state index in [1.165, 1.54) is 51.4 Å². The highest BCUT2D eigenvalue weighted by Crippen LogP contribution is 2.14. The van der Waals surface area contributed by atoms with Crippen LogP contribution in [0.1, 0.15) is 79.1 Å². The quantitative estimate of drug-likeness (QED) is 0.487. The first-order valence-electron chi connectivity index (χ1n) is 8.40. The maximum atomic E-state index is 5.35. The minimum Gasteiger partial charge on any atom is -0.383 e. The van der Waals surface area contributed by atoms with Gasteiger partial charge in [0.15, 0.2) is 0 Å². The SMILES string of the molecule is CCCCCC(CCCCC)NC(COC)C(C)C. The Balaban J connectivity index is 4.18. The second-order valence-corrected chi connectivity index (χ2v) is 6.16. The molecular weight excluding hydrogens is 234 g/mol. The van der Waals surface area contributed by atoms with E-state index < -0.39 is 0 Å². The number of ether oxygens (including phenoxy) is 1. The molecule has 19 heavy (non-hydrogen) atoms. The molecule has 0 fully saturated rings. The van der Waals surface area contributed by atoms with Crippen molar-refractivity contribution in [3.05, 3.63) is 0 Å². The molecule has 0 radical (unpaired) electrons. The van der Waals surface area contributed by atoms with E-state index in [2.05, 4.69) is 33.0 Å². The van der Waals surface area contributed by atoms with E-state index in [9.17, 15) is 0 Å². The molecule has 0 saturated carbocycles.